The Hall–Kier alpha value is -1.47. The molecule has 7 nitrogen and oxygen atoms in total. The third-order valence-corrected chi connectivity index (χ3v) is 4.75. The average molecular weight is 293 g/mol. The highest BCUT2D eigenvalue weighted by molar-refractivity contribution is 5.84. The van der Waals surface area contributed by atoms with Crippen LogP contribution < -0.4 is 0 Å². The third kappa shape index (κ3) is 3.08. The Morgan fingerprint density at radius 2 is 2.14 bits per heavy atom. The summed E-state index contributed by atoms with van der Waals surface area (Å²) in [5.74, 6) is -1.01. The zero-order valence-electron chi connectivity index (χ0n) is 12.5. The molecule has 0 bridgehead atoms. The topological polar surface area (TPSA) is 74.5 Å². The molecule has 2 fully saturated rings. The Bertz CT molecular complexity index is 497. The number of aromatic nitrogens is 3. The first-order chi connectivity index (χ1) is 10.2. The van der Waals surface area contributed by atoms with Crippen molar-refractivity contribution in [2.75, 3.05) is 32.7 Å². The number of hydrogen-bond donors (Lipinski definition) is 1. The van der Waals surface area contributed by atoms with Crippen LogP contribution in [0.2, 0.25) is 0 Å². The zero-order chi connectivity index (χ0) is 14.8. The summed E-state index contributed by atoms with van der Waals surface area (Å²) in [6, 6.07) is 0.941. The summed E-state index contributed by atoms with van der Waals surface area (Å²) in [5, 5.41) is 16.5. The summed E-state index contributed by atoms with van der Waals surface area (Å²) < 4.78 is 1.70. The minimum absolute atomic E-state index is 0.0292. The van der Waals surface area contributed by atoms with Gasteiger partial charge in [0.05, 0.1) is 12.2 Å². The van der Waals surface area contributed by atoms with Crippen LogP contribution in [0.5, 0.6) is 0 Å². The normalized spacial score (nSPS) is 25.5. The number of aromatic carboxylic acids is 1. The molecule has 2 saturated heterocycles. The monoisotopic (exact) mass is 293 g/mol. The van der Waals surface area contributed by atoms with E-state index in [2.05, 4.69) is 27.0 Å². The molecule has 21 heavy (non-hydrogen) atoms. The number of carbonyl (C=O) groups is 1. The van der Waals surface area contributed by atoms with Crippen LogP contribution in [0, 0.1) is 0 Å². The Morgan fingerprint density at radius 3 is 2.81 bits per heavy atom. The van der Waals surface area contributed by atoms with Gasteiger partial charge in [0.2, 0.25) is 0 Å². The highest BCUT2D eigenvalue weighted by Gasteiger charge is 2.34. The van der Waals surface area contributed by atoms with E-state index >= 15 is 0 Å². The fourth-order valence-electron chi connectivity index (χ4n) is 3.33. The van der Waals surface area contributed by atoms with E-state index in [0.29, 0.717) is 6.04 Å². The second-order valence-corrected chi connectivity index (χ2v) is 6.02. The van der Waals surface area contributed by atoms with Crippen molar-refractivity contribution in [1.29, 1.82) is 0 Å². The van der Waals surface area contributed by atoms with Crippen LogP contribution in [0.3, 0.4) is 0 Å². The summed E-state index contributed by atoms with van der Waals surface area (Å²) in [6.07, 6.45) is 5.31. The summed E-state index contributed by atoms with van der Waals surface area (Å²) in [4.78, 5) is 15.8. The van der Waals surface area contributed by atoms with Gasteiger partial charge in [0.25, 0.3) is 0 Å². The maximum atomic E-state index is 10.8. The molecular formula is C14H23N5O2. The molecule has 2 aliphatic rings. The predicted molar refractivity (Wildman–Crippen MR) is 77.3 cm³/mol. The number of hydrogen-bond acceptors (Lipinski definition) is 5. The van der Waals surface area contributed by atoms with E-state index < -0.39 is 5.97 Å². The SMILES string of the molecule is CCN1CCCC(N2CC(n3cc(C(=O)O)nn3)C2)CC1. The lowest BCUT2D eigenvalue weighted by molar-refractivity contribution is 0.0450. The molecule has 0 saturated carbocycles. The van der Waals surface area contributed by atoms with Crippen LogP contribution in [0.4, 0.5) is 0 Å². The molecule has 2 aliphatic heterocycles. The summed E-state index contributed by atoms with van der Waals surface area (Å²) in [7, 11) is 0. The van der Waals surface area contributed by atoms with E-state index in [4.69, 9.17) is 5.11 Å². The number of rotatable bonds is 4. The molecule has 116 valence electrons. The summed E-state index contributed by atoms with van der Waals surface area (Å²) >= 11 is 0. The van der Waals surface area contributed by atoms with Crippen molar-refractivity contribution < 1.29 is 9.90 Å². The minimum atomic E-state index is -1.01. The minimum Gasteiger partial charge on any atom is -0.476 e. The molecule has 0 spiro atoms. The van der Waals surface area contributed by atoms with Crippen LogP contribution in [-0.2, 0) is 0 Å². The number of carboxylic acids is 1. The van der Waals surface area contributed by atoms with Crippen LogP contribution in [-0.4, -0.2) is 74.6 Å². The third-order valence-electron chi connectivity index (χ3n) is 4.75. The van der Waals surface area contributed by atoms with Crippen molar-refractivity contribution in [2.24, 2.45) is 0 Å². The van der Waals surface area contributed by atoms with E-state index in [1.807, 2.05) is 0 Å². The van der Waals surface area contributed by atoms with Crippen molar-refractivity contribution in [3.05, 3.63) is 11.9 Å². The largest absolute Gasteiger partial charge is 0.476 e. The van der Waals surface area contributed by atoms with Crippen molar-refractivity contribution in [2.45, 2.75) is 38.3 Å². The van der Waals surface area contributed by atoms with Crippen LogP contribution in [0.1, 0.15) is 42.7 Å². The smallest absolute Gasteiger partial charge is 0.358 e. The highest BCUT2D eigenvalue weighted by atomic mass is 16.4. The van der Waals surface area contributed by atoms with Crippen LogP contribution in [0.25, 0.3) is 0 Å². The van der Waals surface area contributed by atoms with Gasteiger partial charge in [-0.3, -0.25) is 4.90 Å². The highest BCUT2D eigenvalue weighted by Crippen LogP contribution is 2.27. The lowest BCUT2D eigenvalue weighted by atomic mass is 10.0. The lowest BCUT2D eigenvalue weighted by Crippen LogP contribution is -2.53. The van der Waals surface area contributed by atoms with Gasteiger partial charge in [-0.15, -0.1) is 5.10 Å². The molecule has 3 rings (SSSR count). The number of likely N-dealkylation sites (tertiary alicyclic amines) is 2. The maximum absolute atomic E-state index is 10.8. The molecule has 0 aromatic carbocycles. The van der Waals surface area contributed by atoms with Crippen LogP contribution in [0.15, 0.2) is 6.20 Å². The van der Waals surface area contributed by atoms with Gasteiger partial charge in [-0.2, -0.15) is 0 Å². The maximum Gasteiger partial charge on any atom is 0.358 e. The summed E-state index contributed by atoms with van der Waals surface area (Å²) in [5.41, 5.74) is 0.0292. The molecule has 1 atom stereocenters. The first-order valence-electron chi connectivity index (χ1n) is 7.79. The number of carboxylic acid groups (broad SMARTS) is 1. The molecule has 3 heterocycles. The summed E-state index contributed by atoms with van der Waals surface area (Å²) in [6.45, 7) is 7.69. The fraction of sp³-hybridized carbons (Fsp3) is 0.786. The van der Waals surface area contributed by atoms with E-state index in [1.165, 1.54) is 38.5 Å². The standard InChI is InChI=1S/C14H23N5O2/c1-2-17-6-3-4-11(5-7-17)18-8-12(9-18)19-10-13(14(20)21)15-16-19/h10-12H,2-9H2,1H3,(H,20,21). The zero-order valence-corrected chi connectivity index (χ0v) is 12.5. The van der Waals surface area contributed by atoms with Gasteiger partial charge in [-0.05, 0) is 38.9 Å². The average Bonchev–Trinajstić information content (AvgIpc) is 2.77. The Kier molecular flexibility index (Phi) is 4.21. The van der Waals surface area contributed by atoms with Gasteiger partial charge in [0, 0.05) is 19.1 Å². The van der Waals surface area contributed by atoms with Crippen LogP contribution >= 0.6 is 0 Å². The molecular weight excluding hydrogens is 270 g/mol. The molecule has 1 unspecified atom stereocenters. The van der Waals surface area contributed by atoms with E-state index in [-0.39, 0.29) is 11.7 Å². The predicted octanol–water partition coefficient (Wildman–Crippen LogP) is 0.707. The molecule has 7 heteroatoms. The molecule has 1 N–H and O–H groups in total. The van der Waals surface area contributed by atoms with Crippen molar-refractivity contribution in [1.82, 2.24) is 24.8 Å². The van der Waals surface area contributed by atoms with E-state index in [1.54, 1.807) is 4.68 Å². The second kappa shape index (κ2) is 6.11. The molecule has 1 aromatic rings. The Morgan fingerprint density at radius 1 is 1.33 bits per heavy atom. The first kappa shape index (κ1) is 14.5. The first-order valence-corrected chi connectivity index (χ1v) is 7.79. The van der Waals surface area contributed by atoms with Crippen molar-refractivity contribution in [3.63, 3.8) is 0 Å². The number of nitrogens with zero attached hydrogens (tertiary/aromatic N) is 5. The lowest BCUT2D eigenvalue weighted by Gasteiger charge is -2.44. The second-order valence-electron chi connectivity index (χ2n) is 6.02. The Labute approximate surface area is 124 Å². The van der Waals surface area contributed by atoms with E-state index in [9.17, 15) is 4.79 Å². The quantitative estimate of drug-likeness (QED) is 0.881. The van der Waals surface area contributed by atoms with Crippen molar-refractivity contribution >= 4 is 5.97 Å². The van der Waals surface area contributed by atoms with Crippen molar-refractivity contribution in [3.8, 4) is 0 Å². The van der Waals surface area contributed by atoms with Gasteiger partial charge in [0.1, 0.15) is 0 Å². The van der Waals surface area contributed by atoms with Gasteiger partial charge in [-0.25, -0.2) is 9.48 Å². The van der Waals surface area contributed by atoms with Gasteiger partial charge < -0.3 is 10.0 Å². The molecule has 0 aliphatic carbocycles. The van der Waals surface area contributed by atoms with E-state index in [0.717, 1.165) is 19.6 Å². The Balaban J connectivity index is 1.51. The molecule has 1 aromatic heterocycles. The molecule has 0 radical (unpaired) electrons. The molecule has 0 amide bonds. The van der Waals surface area contributed by atoms with Gasteiger partial charge in [0.15, 0.2) is 5.69 Å². The fourth-order valence-corrected chi connectivity index (χ4v) is 3.33. The van der Waals surface area contributed by atoms with Gasteiger partial charge >= 0.3 is 5.97 Å². The van der Waals surface area contributed by atoms with Gasteiger partial charge in [-0.1, -0.05) is 12.1 Å².